The maximum absolute atomic E-state index is 10.8. The first-order valence-corrected chi connectivity index (χ1v) is 5.30. The van der Waals surface area contributed by atoms with Crippen molar-refractivity contribution in [3.8, 4) is 5.75 Å². The van der Waals surface area contributed by atoms with E-state index in [0.717, 1.165) is 16.7 Å². The van der Waals surface area contributed by atoms with Crippen molar-refractivity contribution < 1.29 is 14.7 Å². The zero-order valence-electron chi connectivity index (χ0n) is 9.75. The van der Waals surface area contributed by atoms with Gasteiger partial charge in [-0.05, 0) is 30.3 Å². The number of ether oxygens (including phenoxy) is 1. The smallest absolute Gasteiger partial charge is 0.267 e. The second-order valence-corrected chi connectivity index (χ2v) is 3.60. The molecule has 0 spiro atoms. The number of nitrogens with one attached hydrogen (secondary N) is 1. The van der Waals surface area contributed by atoms with E-state index < -0.39 is 5.91 Å². The molecule has 0 bridgehead atoms. The maximum Gasteiger partial charge on any atom is 0.267 e. The fourth-order valence-corrected chi connectivity index (χ4v) is 1.54. The Hall–Kier alpha value is -2.40. The Kier molecular flexibility index (Phi) is 3.54. The molecule has 0 aliphatic carbocycles. The zero-order valence-corrected chi connectivity index (χ0v) is 9.75. The van der Waals surface area contributed by atoms with Crippen LogP contribution in [-0.4, -0.2) is 23.2 Å². The van der Waals surface area contributed by atoms with Crippen molar-refractivity contribution in [2.24, 2.45) is 0 Å². The summed E-state index contributed by atoms with van der Waals surface area (Å²) in [5.74, 6) is 0.180. The standard InChI is InChI=1S/C13H12N2O3/c1-18-11-5-6-12-9(8-11)2-3-10(14-12)4-7-13(16)15-17/h2-8,17H,1H3,(H,15,16)/b7-4+. The van der Waals surface area contributed by atoms with Gasteiger partial charge in [0.1, 0.15) is 5.75 Å². The van der Waals surface area contributed by atoms with Crippen molar-refractivity contribution in [3.63, 3.8) is 0 Å². The van der Waals surface area contributed by atoms with Crippen molar-refractivity contribution in [2.45, 2.75) is 0 Å². The molecule has 2 rings (SSSR count). The highest BCUT2D eigenvalue weighted by atomic mass is 16.5. The van der Waals surface area contributed by atoms with Gasteiger partial charge in [0.15, 0.2) is 0 Å². The van der Waals surface area contributed by atoms with Crippen molar-refractivity contribution in [1.82, 2.24) is 10.5 Å². The first-order valence-electron chi connectivity index (χ1n) is 5.30. The zero-order chi connectivity index (χ0) is 13.0. The lowest BCUT2D eigenvalue weighted by Crippen LogP contribution is -2.14. The van der Waals surface area contributed by atoms with Crippen molar-refractivity contribution in [1.29, 1.82) is 0 Å². The Bertz CT molecular complexity index is 608. The number of hydrogen-bond donors (Lipinski definition) is 2. The molecule has 0 radical (unpaired) electrons. The van der Waals surface area contributed by atoms with Gasteiger partial charge in [-0.2, -0.15) is 0 Å². The van der Waals surface area contributed by atoms with Gasteiger partial charge in [0.25, 0.3) is 5.91 Å². The Morgan fingerprint density at radius 2 is 2.22 bits per heavy atom. The molecule has 0 saturated carbocycles. The first-order chi connectivity index (χ1) is 8.72. The second kappa shape index (κ2) is 5.29. The molecular formula is C13H12N2O3. The van der Waals surface area contributed by atoms with Gasteiger partial charge in [0.2, 0.25) is 0 Å². The van der Waals surface area contributed by atoms with Crippen LogP contribution in [-0.2, 0) is 4.79 Å². The van der Waals surface area contributed by atoms with Crippen LogP contribution >= 0.6 is 0 Å². The van der Waals surface area contributed by atoms with Gasteiger partial charge >= 0.3 is 0 Å². The second-order valence-electron chi connectivity index (χ2n) is 3.60. The third-order valence-electron chi connectivity index (χ3n) is 2.43. The van der Waals surface area contributed by atoms with E-state index in [4.69, 9.17) is 9.94 Å². The third kappa shape index (κ3) is 2.64. The number of nitrogens with zero attached hydrogens (tertiary/aromatic N) is 1. The lowest BCUT2D eigenvalue weighted by atomic mass is 10.2. The lowest BCUT2D eigenvalue weighted by Gasteiger charge is -2.02. The molecule has 0 unspecified atom stereocenters. The molecular weight excluding hydrogens is 232 g/mol. The summed E-state index contributed by atoms with van der Waals surface area (Å²) in [6, 6.07) is 9.22. The largest absolute Gasteiger partial charge is 0.497 e. The van der Waals surface area contributed by atoms with Crippen LogP contribution in [0.5, 0.6) is 5.75 Å². The molecule has 1 aromatic carbocycles. The summed E-state index contributed by atoms with van der Waals surface area (Å²) in [5, 5.41) is 9.31. The number of benzene rings is 1. The monoisotopic (exact) mass is 244 g/mol. The third-order valence-corrected chi connectivity index (χ3v) is 2.43. The summed E-state index contributed by atoms with van der Waals surface area (Å²) in [6.45, 7) is 0. The number of fused-ring (bicyclic) bond motifs is 1. The number of pyridine rings is 1. The van der Waals surface area contributed by atoms with E-state index >= 15 is 0 Å². The number of carbonyl (C=O) groups is 1. The molecule has 1 amide bonds. The highest BCUT2D eigenvalue weighted by Crippen LogP contribution is 2.19. The van der Waals surface area contributed by atoms with Crippen LogP contribution in [0, 0.1) is 0 Å². The minimum absolute atomic E-state index is 0.591. The van der Waals surface area contributed by atoms with Gasteiger partial charge in [0, 0.05) is 11.5 Å². The number of carbonyl (C=O) groups excluding carboxylic acids is 1. The number of rotatable bonds is 3. The van der Waals surface area contributed by atoms with Crippen LogP contribution in [0.25, 0.3) is 17.0 Å². The van der Waals surface area contributed by atoms with E-state index in [1.54, 1.807) is 13.2 Å². The van der Waals surface area contributed by atoms with Gasteiger partial charge < -0.3 is 4.74 Å². The predicted molar refractivity (Wildman–Crippen MR) is 67.3 cm³/mol. The minimum atomic E-state index is -0.591. The number of aromatic nitrogens is 1. The van der Waals surface area contributed by atoms with Crippen LogP contribution in [0.3, 0.4) is 0 Å². The number of methoxy groups -OCH3 is 1. The van der Waals surface area contributed by atoms with Crippen molar-refractivity contribution in [3.05, 3.63) is 42.1 Å². The maximum atomic E-state index is 10.8. The summed E-state index contributed by atoms with van der Waals surface area (Å²) in [5.41, 5.74) is 2.96. The fraction of sp³-hybridized carbons (Fsp3) is 0.0769. The highest BCUT2D eigenvalue weighted by Gasteiger charge is 1.99. The normalized spacial score (nSPS) is 10.8. The van der Waals surface area contributed by atoms with E-state index in [1.807, 2.05) is 24.3 Å². The predicted octanol–water partition coefficient (Wildman–Crippen LogP) is 1.76. The quantitative estimate of drug-likeness (QED) is 0.490. The number of hydrogen-bond acceptors (Lipinski definition) is 4. The Balaban J connectivity index is 2.33. The number of amides is 1. The summed E-state index contributed by atoms with van der Waals surface area (Å²) >= 11 is 0. The molecule has 92 valence electrons. The Morgan fingerprint density at radius 1 is 1.39 bits per heavy atom. The molecule has 18 heavy (non-hydrogen) atoms. The Morgan fingerprint density at radius 3 is 2.94 bits per heavy atom. The first kappa shape index (κ1) is 12.1. The molecule has 0 fully saturated rings. The summed E-state index contributed by atoms with van der Waals surface area (Å²) in [4.78, 5) is 15.2. The van der Waals surface area contributed by atoms with Crippen LogP contribution in [0.15, 0.2) is 36.4 Å². The van der Waals surface area contributed by atoms with Gasteiger partial charge in [-0.15, -0.1) is 0 Å². The molecule has 1 heterocycles. The van der Waals surface area contributed by atoms with Crippen LogP contribution < -0.4 is 10.2 Å². The molecule has 5 heteroatoms. The van der Waals surface area contributed by atoms with E-state index in [0.29, 0.717) is 5.69 Å². The summed E-state index contributed by atoms with van der Waals surface area (Å²) in [6.07, 6.45) is 2.73. The lowest BCUT2D eigenvalue weighted by molar-refractivity contribution is -0.124. The molecule has 0 aliphatic heterocycles. The number of hydroxylamine groups is 1. The summed E-state index contributed by atoms with van der Waals surface area (Å²) < 4.78 is 5.12. The van der Waals surface area contributed by atoms with Crippen LogP contribution in [0.1, 0.15) is 5.69 Å². The van der Waals surface area contributed by atoms with E-state index in [1.165, 1.54) is 17.6 Å². The average molecular weight is 244 g/mol. The van der Waals surface area contributed by atoms with Crippen molar-refractivity contribution in [2.75, 3.05) is 7.11 Å². The SMILES string of the molecule is COc1ccc2nc(/C=C/C(=O)NO)ccc2c1. The molecule has 2 N–H and O–H groups in total. The highest BCUT2D eigenvalue weighted by molar-refractivity contribution is 5.91. The molecule has 0 aliphatic rings. The molecule has 5 nitrogen and oxygen atoms in total. The topological polar surface area (TPSA) is 71.5 Å². The minimum Gasteiger partial charge on any atom is -0.497 e. The molecule has 1 aromatic heterocycles. The summed E-state index contributed by atoms with van der Waals surface area (Å²) in [7, 11) is 1.61. The molecule has 0 saturated heterocycles. The van der Waals surface area contributed by atoms with E-state index in [-0.39, 0.29) is 0 Å². The molecule has 2 aromatic rings. The van der Waals surface area contributed by atoms with E-state index in [9.17, 15) is 4.79 Å². The average Bonchev–Trinajstić information content (AvgIpc) is 2.43. The van der Waals surface area contributed by atoms with Crippen molar-refractivity contribution >= 4 is 22.9 Å². The van der Waals surface area contributed by atoms with Gasteiger partial charge in [-0.3, -0.25) is 10.0 Å². The fourth-order valence-electron chi connectivity index (χ4n) is 1.54. The van der Waals surface area contributed by atoms with Gasteiger partial charge in [-0.1, -0.05) is 6.07 Å². The Labute approximate surface area is 104 Å². The van der Waals surface area contributed by atoms with Gasteiger partial charge in [0.05, 0.1) is 18.3 Å². The van der Waals surface area contributed by atoms with Crippen LogP contribution in [0.4, 0.5) is 0 Å². The van der Waals surface area contributed by atoms with E-state index in [2.05, 4.69) is 4.98 Å². The van der Waals surface area contributed by atoms with Gasteiger partial charge in [-0.25, -0.2) is 10.5 Å². The molecule has 0 atom stereocenters. The van der Waals surface area contributed by atoms with Crippen LogP contribution in [0.2, 0.25) is 0 Å².